The van der Waals surface area contributed by atoms with Crippen LogP contribution in [0.1, 0.15) is 19.3 Å². The van der Waals surface area contributed by atoms with E-state index < -0.39 is 0 Å². The lowest BCUT2D eigenvalue weighted by Crippen LogP contribution is -2.52. The number of likely N-dealkylation sites (tertiary alicyclic amines) is 1. The number of hydrogen-bond donors (Lipinski definition) is 0. The fourth-order valence-corrected chi connectivity index (χ4v) is 2.74. The Morgan fingerprint density at radius 2 is 1.92 bits per heavy atom. The first-order chi connectivity index (χ1) is 6.15. The molecule has 0 bridgehead atoms. The van der Waals surface area contributed by atoms with Gasteiger partial charge in [-0.2, -0.15) is 0 Å². The Morgan fingerprint density at radius 1 is 1.31 bits per heavy atom. The molecule has 0 aromatic carbocycles. The fourth-order valence-electron chi connectivity index (χ4n) is 2.48. The molecule has 2 rings (SSSR count). The number of nitrogens with zero attached hydrogens (tertiary/aromatic N) is 2. The third-order valence-electron chi connectivity index (χ3n) is 3.55. The van der Waals surface area contributed by atoms with Gasteiger partial charge in [0.2, 0.25) is 0 Å². The lowest BCUT2D eigenvalue weighted by molar-refractivity contribution is -0.126. The standard InChI is InChI=1S/C9H17N2OP/c1-10-5-2-8(12)9(10)3-6-11(13)7-4-9/h2-7,13H2,1H3. The van der Waals surface area contributed by atoms with Crippen LogP contribution in [0.2, 0.25) is 0 Å². The van der Waals surface area contributed by atoms with E-state index in [1.807, 2.05) is 0 Å². The Kier molecular flexibility index (Phi) is 2.43. The summed E-state index contributed by atoms with van der Waals surface area (Å²) >= 11 is 0. The summed E-state index contributed by atoms with van der Waals surface area (Å²) in [5, 5.41) is 0. The van der Waals surface area contributed by atoms with Crippen LogP contribution < -0.4 is 0 Å². The molecule has 1 unspecified atom stereocenters. The molecule has 4 heteroatoms. The second-order valence-corrected chi connectivity index (χ2v) is 4.89. The second kappa shape index (κ2) is 3.30. The molecule has 1 atom stereocenters. The predicted octanol–water partition coefficient (Wildman–Crippen LogP) is 0.516. The van der Waals surface area contributed by atoms with Crippen LogP contribution in [0, 0.1) is 0 Å². The Hall–Kier alpha value is 0.0200. The van der Waals surface area contributed by atoms with Crippen LogP contribution in [-0.2, 0) is 4.79 Å². The molecule has 0 aromatic heterocycles. The summed E-state index contributed by atoms with van der Waals surface area (Å²) in [5.41, 5.74) is -0.0902. The van der Waals surface area contributed by atoms with Crippen LogP contribution in [0.4, 0.5) is 0 Å². The van der Waals surface area contributed by atoms with Crippen LogP contribution in [0.25, 0.3) is 0 Å². The molecule has 2 heterocycles. The number of rotatable bonds is 0. The first-order valence-corrected chi connectivity index (χ1v) is 5.41. The van der Waals surface area contributed by atoms with Crippen molar-refractivity contribution < 1.29 is 4.79 Å². The molecule has 1 spiro atoms. The number of likely N-dealkylation sites (N-methyl/N-ethyl adjacent to an activating group) is 1. The molecule has 13 heavy (non-hydrogen) atoms. The molecule has 0 aliphatic carbocycles. The molecule has 2 fully saturated rings. The van der Waals surface area contributed by atoms with Gasteiger partial charge in [0.25, 0.3) is 0 Å². The number of carbonyl (C=O) groups excluding carboxylic acids is 1. The van der Waals surface area contributed by atoms with E-state index >= 15 is 0 Å². The first kappa shape index (κ1) is 9.57. The summed E-state index contributed by atoms with van der Waals surface area (Å²) in [4.78, 5) is 14.1. The van der Waals surface area contributed by atoms with E-state index in [1.54, 1.807) is 0 Å². The summed E-state index contributed by atoms with van der Waals surface area (Å²) < 4.78 is 2.23. The van der Waals surface area contributed by atoms with Crippen molar-refractivity contribution >= 4 is 15.2 Å². The molecular weight excluding hydrogens is 183 g/mol. The zero-order valence-corrected chi connectivity index (χ0v) is 9.28. The van der Waals surface area contributed by atoms with Gasteiger partial charge in [0, 0.05) is 26.1 Å². The van der Waals surface area contributed by atoms with Gasteiger partial charge in [0.1, 0.15) is 0 Å². The molecule has 2 aliphatic heterocycles. The van der Waals surface area contributed by atoms with Gasteiger partial charge >= 0.3 is 0 Å². The topological polar surface area (TPSA) is 23.6 Å². The molecule has 0 aromatic rings. The van der Waals surface area contributed by atoms with Crippen LogP contribution in [0.15, 0.2) is 0 Å². The highest BCUT2D eigenvalue weighted by Crippen LogP contribution is 2.35. The molecule has 2 saturated heterocycles. The minimum absolute atomic E-state index is 0.0902. The van der Waals surface area contributed by atoms with E-state index in [0.717, 1.165) is 38.9 Å². The SMILES string of the molecule is CN1CCC(=O)C12CCN(P)CC2. The van der Waals surface area contributed by atoms with Crippen LogP contribution in [0.5, 0.6) is 0 Å². The highest BCUT2D eigenvalue weighted by Gasteiger charge is 2.47. The molecular formula is C9H17N2OP. The van der Waals surface area contributed by atoms with Crippen molar-refractivity contribution in [1.82, 2.24) is 9.57 Å². The van der Waals surface area contributed by atoms with Gasteiger partial charge in [-0.15, -0.1) is 0 Å². The summed E-state index contributed by atoms with van der Waals surface area (Å²) in [7, 11) is 4.81. The van der Waals surface area contributed by atoms with Gasteiger partial charge in [0.05, 0.1) is 5.54 Å². The summed E-state index contributed by atoms with van der Waals surface area (Å²) in [5.74, 6) is 0.466. The number of carbonyl (C=O) groups is 1. The Morgan fingerprint density at radius 3 is 2.38 bits per heavy atom. The van der Waals surface area contributed by atoms with Crippen molar-refractivity contribution in [3.05, 3.63) is 0 Å². The third kappa shape index (κ3) is 1.43. The molecule has 74 valence electrons. The van der Waals surface area contributed by atoms with Crippen molar-refractivity contribution in [2.45, 2.75) is 24.8 Å². The third-order valence-corrected chi connectivity index (χ3v) is 4.07. The first-order valence-electron chi connectivity index (χ1n) is 4.89. The minimum Gasteiger partial charge on any atom is -0.298 e. The Labute approximate surface area is 81.7 Å². The van der Waals surface area contributed by atoms with E-state index in [2.05, 4.69) is 26.0 Å². The lowest BCUT2D eigenvalue weighted by Gasteiger charge is -2.40. The molecule has 0 N–H and O–H groups in total. The number of ketones is 1. The van der Waals surface area contributed by atoms with Crippen molar-refractivity contribution in [3.8, 4) is 0 Å². The number of hydrogen-bond acceptors (Lipinski definition) is 3. The molecule has 0 radical (unpaired) electrons. The zero-order chi connectivity index (χ0) is 9.47. The van der Waals surface area contributed by atoms with Gasteiger partial charge in [-0.05, 0) is 19.9 Å². The monoisotopic (exact) mass is 200 g/mol. The molecule has 2 aliphatic rings. The normalized spacial score (nSPS) is 30.2. The largest absolute Gasteiger partial charge is 0.298 e. The minimum atomic E-state index is -0.0902. The molecule has 0 amide bonds. The summed E-state index contributed by atoms with van der Waals surface area (Å²) in [6.07, 6.45) is 2.77. The van der Waals surface area contributed by atoms with Gasteiger partial charge < -0.3 is 0 Å². The second-order valence-electron chi connectivity index (χ2n) is 4.16. The van der Waals surface area contributed by atoms with E-state index in [1.165, 1.54) is 0 Å². The average molecular weight is 200 g/mol. The van der Waals surface area contributed by atoms with E-state index in [9.17, 15) is 4.79 Å². The smallest absolute Gasteiger partial charge is 0.154 e. The van der Waals surface area contributed by atoms with E-state index in [0.29, 0.717) is 5.78 Å². The molecule has 0 saturated carbocycles. The maximum Gasteiger partial charge on any atom is 0.154 e. The maximum atomic E-state index is 11.8. The Balaban J connectivity index is 2.15. The maximum absolute atomic E-state index is 11.8. The quantitative estimate of drug-likeness (QED) is 0.532. The van der Waals surface area contributed by atoms with Crippen LogP contribution in [0.3, 0.4) is 0 Å². The van der Waals surface area contributed by atoms with Gasteiger partial charge in [0.15, 0.2) is 5.78 Å². The predicted molar refractivity (Wildman–Crippen MR) is 55.5 cm³/mol. The van der Waals surface area contributed by atoms with Crippen molar-refractivity contribution in [1.29, 1.82) is 0 Å². The van der Waals surface area contributed by atoms with E-state index in [4.69, 9.17) is 0 Å². The van der Waals surface area contributed by atoms with Gasteiger partial charge in [-0.25, -0.2) is 0 Å². The average Bonchev–Trinajstić information content (AvgIpc) is 2.39. The van der Waals surface area contributed by atoms with E-state index in [-0.39, 0.29) is 5.54 Å². The van der Waals surface area contributed by atoms with Crippen molar-refractivity contribution in [2.75, 3.05) is 26.7 Å². The van der Waals surface area contributed by atoms with Gasteiger partial charge in [-0.3, -0.25) is 14.4 Å². The summed E-state index contributed by atoms with van der Waals surface area (Å²) in [6.45, 7) is 3.01. The van der Waals surface area contributed by atoms with Crippen molar-refractivity contribution in [2.24, 2.45) is 0 Å². The van der Waals surface area contributed by atoms with Crippen molar-refractivity contribution in [3.63, 3.8) is 0 Å². The number of Topliss-reactive ketones (excluding diaryl/α,β-unsaturated/α-hetero) is 1. The zero-order valence-electron chi connectivity index (χ0n) is 8.12. The highest BCUT2D eigenvalue weighted by atomic mass is 31.0. The fraction of sp³-hybridized carbons (Fsp3) is 0.889. The van der Waals surface area contributed by atoms with Crippen LogP contribution in [-0.4, -0.2) is 47.6 Å². The Bertz CT molecular complexity index is 224. The van der Waals surface area contributed by atoms with Crippen LogP contribution >= 0.6 is 9.39 Å². The number of piperidine rings is 1. The molecule has 3 nitrogen and oxygen atoms in total. The van der Waals surface area contributed by atoms with Gasteiger partial charge in [-0.1, -0.05) is 9.39 Å². The highest BCUT2D eigenvalue weighted by molar-refractivity contribution is 7.13. The summed E-state index contributed by atoms with van der Waals surface area (Å²) in [6, 6.07) is 0. The lowest BCUT2D eigenvalue weighted by atomic mass is 9.85.